The third-order valence-electron chi connectivity index (χ3n) is 3.17. The van der Waals surface area contributed by atoms with E-state index in [4.69, 9.17) is 9.84 Å². The highest BCUT2D eigenvalue weighted by Crippen LogP contribution is 2.28. The Bertz CT molecular complexity index is 664. The maximum atomic E-state index is 12.4. The number of esters is 1. The van der Waals surface area contributed by atoms with E-state index >= 15 is 0 Å². The number of rotatable bonds is 7. The van der Waals surface area contributed by atoms with Crippen molar-refractivity contribution < 1.29 is 24.4 Å². The first kappa shape index (κ1) is 20.4. The fourth-order valence-electron chi connectivity index (χ4n) is 2.18. The lowest BCUT2D eigenvalue weighted by Gasteiger charge is -2.26. The number of benzene rings is 1. The lowest BCUT2D eigenvalue weighted by atomic mass is 10.0. The molecule has 8 heteroatoms. The van der Waals surface area contributed by atoms with Crippen LogP contribution in [0.4, 0.5) is 11.4 Å². The van der Waals surface area contributed by atoms with E-state index in [-0.39, 0.29) is 17.2 Å². The summed E-state index contributed by atoms with van der Waals surface area (Å²) >= 11 is 0. The highest BCUT2D eigenvalue weighted by atomic mass is 16.6. The molecule has 0 aliphatic carbocycles. The number of carbonyl (C=O) groups is 2. The number of nitrogens with one attached hydrogen (secondary N) is 1. The van der Waals surface area contributed by atoms with Crippen molar-refractivity contribution >= 4 is 23.3 Å². The number of hydrogen-bond acceptors (Lipinski definition) is 6. The van der Waals surface area contributed by atoms with Gasteiger partial charge >= 0.3 is 11.9 Å². The number of aromatic carboxylic acids is 1. The van der Waals surface area contributed by atoms with Crippen LogP contribution in [0.2, 0.25) is 0 Å². The number of hydrogen-bond donors (Lipinski definition) is 2. The van der Waals surface area contributed by atoms with E-state index in [1.165, 1.54) is 12.1 Å². The Labute approximate surface area is 146 Å². The zero-order valence-corrected chi connectivity index (χ0v) is 15.0. The van der Waals surface area contributed by atoms with Crippen LogP contribution in [0, 0.1) is 16.0 Å². The Balaban J connectivity index is 3.17. The molecule has 1 rings (SSSR count). The van der Waals surface area contributed by atoms with E-state index in [2.05, 4.69) is 5.32 Å². The molecule has 0 fully saturated rings. The molecule has 2 N–H and O–H groups in total. The summed E-state index contributed by atoms with van der Waals surface area (Å²) in [6.07, 6.45) is 0.409. The van der Waals surface area contributed by atoms with Gasteiger partial charge in [-0.05, 0) is 45.2 Å². The van der Waals surface area contributed by atoms with Gasteiger partial charge in [-0.15, -0.1) is 0 Å². The molecule has 0 saturated carbocycles. The maximum Gasteiger partial charge on any atom is 0.335 e. The first-order valence-electron chi connectivity index (χ1n) is 7.92. The predicted molar refractivity (Wildman–Crippen MR) is 92.8 cm³/mol. The van der Waals surface area contributed by atoms with E-state index in [1.54, 1.807) is 20.8 Å². The van der Waals surface area contributed by atoms with Crippen LogP contribution >= 0.6 is 0 Å². The molecular weight excluding hydrogens is 328 g/mol. The maximum absolute atomic E-state index is 12.4. The van der Waals surface area contributed by atoms with E-state index in [9.17, 15) is 19.7 Å². The summed E-state index contributed by atoms with van der Waals surface area (Å²) in [5, 5.41) is 23.1. The van der Waals surface area contributed by atoms with Gasteiger partial charge in [-0.25, -0.2) is 9.59 Å². The lowest BCUT2D eigenvalue weighted by Crippen LogP contribution is -2.37. The van der Waals surface area contributed by atoms with E-state index < -0.39 is 34.2 Å². The molecule has 0 aliphatic rings. The summed E-state index contributed by atoms with van der Waals surface area (Å²) in [5.41, 5.74) is -1.22. The SMILES string of the molecule is CC(C)CC(Nc1ccc(C(=O)O)cc1[N+](=O)[O-])C(=O)OC(C)(C)C. The average Bonchev–Trinajstić information content (AvgIpc) is 2.44. The van der Waals surface area contributed by atoms with E-state index in [0.717, 1.165) is 6.07 Å². The van der Waals surface area contributed by atoms with Crippen LogP contribution in [-0.2, 0) is 9.53 Å². The fraction of sp³-hybridized carbons (Fsp3) is 0.529. The summed E-state index contributed by atoms with van der Waals surface area (Å²) < 4.78 is 5.37. The van der Waals surface area contributed by atoms with Crippen LogP contribution in [-0.4, -0.2) is 33.6 Å². The fourth-order valence-corrected chi connectivity index (χ4v) is 2.18. The van der Waals surface area contributed by atoms with Gasteiger partial charge in [-0.3, -0.25) is 10.1 Å². The van der Waals surface area contributed by atoms with Crippen molar-refractivity contribution in [3.05, 3.63) is 33.9 Å². The number of carboxylic acids is 1. The average molecular weight is 352 g/mol. The molecule has 0 aliphatic heterocycles. The third kappa shape index (κ3) is 6.40. The standard InChI is InChI=1S/C17H24N2O6/c1-10(2)8-13(16(22)25-17(3,4)5)18-12-7-6-11(15(20)21)9-14(12)19(23)24/h6-7,9-10,13,18H,8H2,1-5H3,(H,20,21). The Hall–Kier alpha value is -2.64. The van der Waals surface area contributed by atoms with Gasteiger partial charge in [0.1, 0.15) is 17.3 Å². The molecule has 0 heterocycles. The van der Waals surface area contributed by atoms with Crippen LogP contribution in [0.15, 0.2) is 18.2 Å². The number of nitro groups is 1. The van der Waals surface area contributed by atoms with Gasteiger partial charge in [0.15, 0.2) is 0 Å². The Morgan fingerprint density at radius 2 is 1.92 bits per heavy atom. The lowest BCUT2D eigenvalue weighted by molar-refractivity contribution is -0.384. The van der Waals surface area contributed by atoms with Crippen molar-refractivity contribution in [1.82, 2.24) is 0 Å². The van der Waals surface area contributed by atoms with Crippen LogP contribution in [0.1, 0.15) is 51.4 Å². The van der Waals surface area contributed by atoms with E-state index in [1.807, 2.05) is 13.8 Å². The van der Waals surface area contributed by atoms with Gasteiger partial charge < -0.3 is 15.2 Å². The van der Waals surface area contributed by atoms with Crippen molar-refractivity contribution in [2.75, 3.05) is 5.32 Å². The van der Waals surface area contributed by atoms with Crippen LogP contribution in [0.5, 0.6) is 0 Å². The first-order valence-corrected chi connectivity index (χ1v) is 7.92. The summed E-state index contributed by atoms with van der Waals surface area (Å²) in [5.74, 6) is -1.64. The molecule has 0 spiro atoms. The van der Waals surface area contributed by atoms with Gasteiger partial charge in [-0.1, -0.05) is 13.8 Å². The number of nitro benzene ring substituents is 1. The predicted octanol–water partition coefficient (Wildman–Crippen LogP) is 3.46. The second-order valence-corrected chi connectivity index (χ2v) is 7.15. The van der Waals surface area contributed by atoms with Gasteiger partial charge in [0.05, 0.1) is 10.5 Å². The zero-order valence-electron chi connectivity index (χ0n) is 15.0. The highest BCUT2D eigenvalue weighted by Gasteiger charge is 2.28. The number of anilines is 1. The normalized spacial score (nSPS) is 12.6. The Kier molecular flexibility index (Phi) is 6.49. The molecule has 8 nitrogen and oxygen atoms in total. The molecule has 0 amide bonds. The molecule has 0 radical (unpaired) electrons. The molecule has 1 atom stereocenters. The molecule has 0 bridgehead atoms. The summed E-state index contributed by atoms with van der Waals surface area (Å²) in [6, 6.07) is 2.72. The van der Waals surface area contributed by atoms with Crippen molar-refractivity contribution in [2.45, 2.75) is 52.7 Å². The van der Waals surface area contributed by atoms with Crippen LogP contribution < -0.4 is 5.32 Å². The van der Waals surface area contributed by atoms with Crippen molar-refractivity contribution in [3.8, 4) is 0 Å². The molecular formula is C17H24N2O6. The molecule has 1 aromatic carbocycles. The molecule has 138 valence electrons. The van der Waals surface area contributed by atoms with Gasteiger partial charge in [0.2, 0.25) is 0 Å². The monoisotopic (exact) mass is 352 g/mol. The van der Waals surface area contributed by atoms with Crippen LogP contribution in [0.25, 0.3) is 0 Å². The second kappa shape index (κ2) is 7.96. The van der Waals surface area contributed by atoms with Crippen molar-refractivity contribution in [1.29, 1.82) is 0 Å². The Morgan fingerprint density at radius 1 is 1.32 bits per heavy atom. The number of carboxylic acid groups (broad SMARTS) is 1. The molecule has 1 aromatic rings. The number of nitrogens with zero attached hydrogens (tertiary/aromatic N) is 1. The molecule has 0 saturated heterocycles. The summed E-state index contributed by atoms with van der Waals surface area (Å²) in [7, 11) is 0. The second-order valence-electron chi connectivity index (χ2n) is 7.15. The summed E-state index contributed by atoms with van der Waals surface area (Å²) in [6.45, 7) is 9.05. The molecule has 0 aromatic heterocycles. The minimum atomic E-state index is -1.26. The van der Waals surface area contributed by atoms with Crippen LogP contribution in [0.3, 0.4) is 0 Å². The highest BCUT2D eigenvalue weighted by molar-refractivity contribution is 5.90. The smallest absolute Gasteiger partial charge is 0.335 e. The van der Waals surface area contributed by atoms with E-state index in [0.29, 0.717) is 6.42 Å². The van der Waals surface area contributed by atoms with Crippen molar-refractivity contribution in [2.24, 2.45) is 5.92 Å². The quantitative estimate of drug-likeness (QED) is 0.438. The number of ether oxygens (including phenoxy) is 1. The Morgan fingerprint density at radius 3 is 2.36 bits per heavy atom. The first-order chi connectivity index (χ1) is 11.4. The third-order valence-corrected chi connectivity index (χ3v) is 3.17. The molecule has 1 unspecified atom stereocenters. The minimum absolute atomic E-state index is 0.0755. The van der Waals surface area contributed by atoms with Gasteiger partial charge in [0, 0.05) is 6.07 Å². The van der Waals surface area contributed by atoms with Crippen molar-refractivity contribution in [3.63, 3.8) is 0 Å². The topological polar surface area (TPSA) is 119 Å². The minimum Gasteiger partial charge on any atom is -0.478 e. The number of carbonyl (C=O) groups excluding carboxylic acids is 1. The van der Waals surface area contributed by atoms with Gasteiger partial charge in [0.25, 0.3) is 5.69 Å². The zero-order chi connectivity index (χ0) is 19.4. The molecule has 25 heavy (non-hydrogen) atoms. The largest absolute Gasteiger partial charge is 0.478 e. The summed E-state index contributed by atoms with van der Waals surface area (Å²) in [4.78, 5) is 34.0. The van der Waals surface area contributed by atoms with Gasteiger partial charge in [-0.2, -0.15) is 0 Å².